The van der Waals surface area contributed by atoms with Crippen LogP contribution in [0.25, 0.3) is 5.69 Å². The first kappa shape index (κ1) is 32.9. The molecule has 0 spiro atoms. The van der Waals surface area contributed by atoms with Gasteiger partial charge in [-0.25, -0.2) is 13.1 Å². The number of carbonyl (C=O) groups is 1. The molecule has 1 saturated carbocycles. The first-order valence-corrected chi connectivity index (χ1v) is 17.4. The minimum Gasteiger partial charge on any atom is -0.345 e. The molecule has 5 rings (SSSR count). The lowest BCUT2D eigenvalue weighted by molar-refractivity contribution is 0.0925. The highest BCUT2D eigenvalue weighted by atomic mass is 35.5. The maximum Gasteiger partial charge on any atom is 0.296 e. The zero-order chi connectivity index (χ0) is 32.5. The number of hydrogen-bond acceptors (Lipinski definition) is 4. The molecule has 1 aliphatic rings. The Morgan fingerprint density at radius 3 is 2.22 bits per heavy atom. The predicted molar refractivity (Wildman–Crippen MR) is 180 cm³/mol. The van der Waals surface area contributed by atoms with E-state index in [9.17, 15) is 18.0 Å². The third-order valence-corrected chi connectivity index (χ3v) is 11.0. The molecule has 0 radical (unpaired) electrons. The number of rotatable bonds is 9. The number of anilines is 1. The van der Waals surface area contributed by atoms with Gasteiger partial charge in [0.15, 0.2) is 0 Å². The molecule has 1 atom stereocenters. The molecule has 1 aliphatic carbocycles. The molecule has 1 unspecified atom stereocenters. The van der Waals surface area contributed by atoms with Crippen LogP contribution in [0.15, 0.2) is 76.4 Å². The van der Waals surface area contributed by atoms with Crippen LogP contribution in [0, 0.1) is 12.8 Å². The molecule has 1 fully saturated rings. The number of sulfonamides is 1. The second-order valence-electron chi connectivity index (χ2n) is 12.0. The molecule has 0 aliphatic heterocycles. The summed E-state index contributed by atoms with van der Waals surface area (Å²) in [6.45, 7) is 5.66. The Morgan fingerprint density at radius 2 is 1.60 bits per heavy atom. The molecule has 0 saturated heterocycles. The fraction of sp³-hybridized carbons (Fsp3) is 0.353. The monoisotopic (exact) mass is 668 g/mol. The van der Waals surface area contributed by atoms with E-state index in [4.69, 9.17) is 23.2 Å². The van der Waals surface area contributed by atoms with Gasteiger partial charge in [-0.1, -0.05) is 98.8 Å². The standard InChI is InChI=1S/C34H38Cl2N4O4S/c1-21(2)31(25-17-15-24(16-18-25)23-11-7-5-8-12-23)37-33(41)26-19-28(35)30(36)29(20-26)45(43,44)38-32-22(3)39(4)40(34(32)42)27-13-9-6-10-14-27/h6,9-10,13-21,23,31,38H,5,7-8,11-12H2,1-4H3,(H,37,41). The number of carbonyl (C=O) groups excluding carboxylic acids is 1. The van der Waals surface area contributed by atoms with E-state index >= 15 is 0 Å². The Balaban J connectivity index is 1.42. The van der Waals surface area contributed by atoms with Crippen molar-refractivity contribution in [1.29, 1.82) is 0 Å². The van der Waals surface area contributed by atoms with Gasteiger partial charge >= 0.3 is 0 Å². The van der Waals surface area contributed by atoms with Crippen LogP contribution in [0.5, 0.6) is 0 Å². The quantitative estimate of drug-likeness (QED) is 0.190. The third-order valence-electron chi connectivity index (χ3n) is 8.66. The highest BCUT2D eigenvalue weighted by Gasteiger charge is 2.28. The molecular formula is C34H38Cl2N4O4S. The van der Waals surface area contributed by atoms with Crippen molar-refractivity contribution in [2.45, 2.75) is 69.7 Å². The van der Waals surface area contributed by atoms with Gasteiger partial charge in [-0.15, -0.1) is 0 Å². The Bertz CT molecular complexity index is 1860. The minimum absolute atomic E-state index is 0.0285. The molecule has 1 amide bonds. The molecule has 2 N–H and O–H groups in total. The van der Waals surface area contributed by atoms with Gasteiger partial charge in [0.05, 0.1) is 27.5 Å². The van der Waals surface area contributed by atoms with Crippen LogP contribution in [-0.2, 0) is 17.1 Å². The van der Waals surface area contributed by atoms with Crippen molar-refractivity contribution < 1.29 is 13.2 Å². The van der Waals surface area contributed by atoms with Crippen LogP contribution in [-0.4, -0.2) is 23.7 Å². The van der Waals surface area contributed by atoms with E-state index in [1.807, 2.05) is 19.9 Å². The highest BCUT2D eigenvalue weighted by Crippen LogP contribution is 2.35. The maximum atomic E-state index is 13.7. The van der Waals surface area contributed by atoms with E-state index < -0.39 is 26.4 Å². The van der Waals surface area contributed by atoms with E-state index in [-0.39, 0.29) is 33.3 Å². The molecule has 45 heavy (non-hydrogen) atoms. The third kappa shape index (κ3) is 6.86. The molecule has 1 aromatic heterocycles. The lowest BCUT2D eigenvalue weighted by atomic mass is 9.83. The molecule has 3 aromatic carbocycles. The fourth-order valence-corrected chi connectivity index (χ4v) is 7.97. The summed E-state index contributed by atoms with van der Waals surface area (Å²) in [5.74, 6) is 0.128. The summed E-state index contributed by atoms with van der Waals surface area (Å²) in [6, 6.07) is 19.5. The first-order valence-electron chi connectivity index (χ1n) is 15.2. The molecule has 11 heteroatoms. The second-order valence-corrected chi connectivity index (χ2v) is 14.4. The molecule has 238 valence electrons. The zero-order valence-corrected chi connectivity index (χ0v) is 28.1. The van der Waals surface area contributed by atoms with E-state index in [0.717, 1.165) is 5.56 Å². The topological polar surface area (TPSA) is 102 Å². The molecule has 1 heterocycles. The molecular weight excluding hydrogens is 631 g/mol. The Labute approximate surface area is 274 Å². The Morgan fingerprint density at radius 1 is 0.956 bits per heavy atom. The van der Waals surface area contributed by atoms with E-state index in [1.54, 1.807) is 42.9 Å². The van der Waals surface area contributed by atoms with Crippen molar-refractivity contribution in [1.82, 2.24) is 14.7 Å². The van der Waals surface area contributed by atoms with Gasteiger partial charge in [-0.05, 0) is 67.0 Å². The normalized spacial score (nSPS) is 14.8. The van der Waals surface area contributed by atoms with Crippen LogP contribution >= 0.6 is 23.2 Å². The number of benzene rings is 3. The number of nitrogens with zero attached hydrogens (tertiary/aromatic N) is 2. The summed E-state index contributed by atoms with van der Waals surface area (Å²) < 4.78 is 32.7. The summed E-state index contributed by atoms with van der Waals surface area (Å²) in [6.07, 6.45) is 6.21. The van der Waals surface area contributed by atoms with Crippen molar-refractivity contribution in [3.8, 4) is 5.69 Å². The number of halogens is 2. The van der Waals surface area contributed by atoms with Gasteiger partial charge in [-0.2, -0.15) is 0 Å². The van der Waals surface area contributed by atoms with Gasteiger partial charge in [0.2, 0.25) is 0 Å². The minimum atomic E-state index is -4.44. The fourth-order valence-electron chi connectivity index (χ4n) is 6.04. The Kier molecular flexibility index (Phi) is 9.82. The van der Waals surface area contributed by atoms with Crippen LogP contribution in [0.4, 0.5) is 5.69 Å². The average molecular weight is 670 g/mol. The van der Waals surface area contributed by atoms with E-state index in [1.165, 1.54) is 54.5 Å². The summed E-state index contributed by atoms with van der Waals surface area (Å²) in [5.41, 5.74) is 2.57. The lowest BCUT2D eigenvalue weighted by Crippen LogP contribution is -2.32. The van der Waals surface area contributed by atoms with Crippen LogP contribution < -0.4 is 15.6 Å². The van der Waals surface area contributed by atoms with Crippen LogP contribution in [0.2, 0.25) is 10.0 Å². The SMILES string of the molecule is Cc1c(NS(=O)(=O)c2cc(C(=O)NC(c3ccc(C4CCCCC4)cc3)C(C)C)cc(Cl)c2Cl)c(=O)n(-c2ccccc2)n1C. The number of amides is 1. The molecule has 8 nitrogen and oxygen atoms in total. The maximum absolute atomic E-state index is 13.7. The smallest absolute Gasteiger partial charge is 0.296 e. The van der Waals surface area contributed by atoms with Gasteiger partial charge in [-0.3, -0.25) is 19.0 Å². The largest absolute Gasteiger partial charge is 0.345 e. The van der Waals surface area contributed by atoms with Crippen molar-refractivity contribution in [2.75, 3.05) is 4.72 Å². The Hall–Kier alpha value is -3.53. The van der Waals surface area contributed by atoms with Crippen LogP contribution in [0.1, 0.15) is 85.1 Å². The van der Waals surface area contributed by atoms with E-state index in [0.29, 0.717) is 17.3 Å². The number of aromatic nitrogens is 2. The summed E-state index contributed by atoms with van der Waals surface area (Å²) in [7, 11) is -2.78. The second kappa shape index (κ2) is 13.4. The summed E-state index contributed by atoms with van der Waals surface area (Å²) in [4.78, 5) is 26.5. The van der Waals surface area contributed by atoms with E-state index in [2.05, 4.69) is 34.3 Å². The van der Waals surface area contributed by atoms with Crippen molar-refractivity contribution in [3.05, 3.63) is 110 Å². The van der Waals surface area contributed by atoms with Crippen molar-refractivity contribution >= 4 is 44.8 Å². The van der Waals surface area contributed by atoms with Crippen LogP contribution in [0.3, 0.4) is 0 Å². The predicted octanol–water partition coefficient (Wildman–Crippen LogP) is 7.77. The van der Waals surface area contributed by atoms with Crippen molar-refractivity contribution in [3.63, 3.8) is 0 Å². The number of nitrogens with one attached hydrogen (secondary N) is 2. The highest BCUT2D eigenvalue weighted by molar-refractivity contribution is 7.92. The van der Waals surface area contributed by atoms with Gasteiger partial charge in [0, 0.05) is 12.6 Å². The molecule has 0 bridgehead atoms. The first-order chi connectivity index (χ1) is 21.4. The van der Waals surface area contributed by atoms with Gasteiger partial charge in [0.1, 0.15) is 10.6 Å². The summed E-state index contributed by atoms with van der Waals surface area (Å²) >= 11 is 12.8. The summed E-state index contributed by atoms with van der Waals surface area (Å²) in [5, 5.41) is 2.70. The zero-order valence-electron chi connectivity index (χ0n) is 25.8. The number of hydrogen-bond donors (Lipinski definition) is 2. The lowest BCUT2D eigenvalue weighted by Gasteiger charge is -2.25. The van der Waals surface area contributed by atoms with Gasteiger partial charge < -0.3 is 5.32 Å². The average Bonchev–Trinajstić information content (AvgIpc) is 3.24. The number of para-hydroxylation sites is 1. The van der Waals surface area contributed by atoms with Gasteiger partial charge in [0.25, 0.3) is 21.5 Å². The molecule has 4 aromatic rings. The van der Waals surface area contributed by atoms with Crippen molar-refractivity contribution in [2.24, 2.45) is 13.0 Å².